The van der Waals surface area contributed by atoms with E-state index in [4.69, 9.17) is 9.88 Å². The second kappa shape index (κ2) is 8.51. The molecule has 0 fully saturated rings. The Morgan fingerprint density at radius 1 is 1.15 bits per heavy atom. The van der Waals surface area contributed by atoms with Crippen LogP contribution in [-0.2, 0) is 26.1 Å². The van der Waals surface area contributed by atoms with E-state index in [2.05, 4.69) is 0 Å². The molecule has 146 valence electrons. The molecule has 0 saturated heterocycles. The van der Waals surface area contributed by atoms with Gasteiger partial charge >= 0.3 is 5.97 Å². The number of rotatable bonds is 7. The molecule has 1 heterocycles. The number of nitrogens with two attached hydrogens (primary N) is 1. The number of nitrogens with zero attached hydrogens (tertiary/aromatic N) is 2. The number of amides is 1. The van der Waals surface area contributed by atoms with Crippen molar-refractivity contribution in [1.29, 1.82) is 0 Å². The second-order valence-electron chi connectivity index (χ2n) is 6.09. The highest BCUT2D eigenvalue weighted by Crippen LogP contribution is 2.19. The average Bonchev–Trinajstić information content (AvgIpc) is 3.10. The molecule has 0 unspecified atom stereocenters. The van der Waals surface area contributed by atoms with Crippen LogP contribution in [0.2, 0.25) is 0 Å². The van der Waals surface area contributed by atoms with Gasteiger partial charge in [0, 0.05) is 38.8 Å². The van der Waals surface area contributed by atoms with Gasteiger partial charge in [-0.1, -0.05) is 12.1 Å². The largest absolute Gasteiger partial charge is 0.452 e. The fourth-order valence-electron chi connectivity index (χ4n) is 2.16. The molecule has 0 aliphatic heterocycles. The van der Waals surface area contributed by atoms with Crippen LogP contribution in [0.15, 0.2) is 39.9 Å². The molecule has 0 atom stereocenters. The number of carbonyl (C=O) groups is 2. The first kappa shape index (κ1) is 20.9. The third-order valence-electron chi connectivity index (χ3n) is 3.72. The van der Waals surface area contributed by atoms with E-state index >= 15 is 0 Å². The van der Waals surface area contributed by atoms with Crippen LogP contribution in [-0.4, -0.2) is 52.9 Å². The summed E-state index contributed by atoms with van der Waals surface area (Å²) in [7, 11) is 1.63. The third-order valence-corrected chi connectivity index (χ3v) is 6.10. The van der Waals surface area contributed by atoms with Crippen LogP contribution in [0.3, 0.4) is 0 Å². The molecule has 10 heteroatoms. The summed E-state index contributed by atoms with van der Waals surface area (Å²) in [4.78, 5) is 27.5. The first-order valence-corrected chi connectivity index (χ1v) is 10.3. The van der Waals surface area contributed by atoms with Crippen LogP contribution in [0.25, 0.3) is 0 Å². The lowest BCUT2D eigenvalue weighted by molar-refractivity contribution is -0.133. The second-order valence-corrected chi connectivity index (χ2v) is 8.79. The number of primary sulfonamides is 1. The Labute approximate surface area is 162 Å². The van der Waals surface area contributed by atoms with Crippen LogP contribution in [0, 0.1) is 0 Å². The molecule has 2 aromatic rings. The van der Waals surface area contributed by atoms with Crippen LogP contribution in [0.5, 0.6) is 0 Å². The van der Waals surface area contributed by atoms with Crippen molar-refractivity contribution in [3.8, 4) is 0 Å². The number of thiophene rings is 1. The number of anilines is 1. The summed E-state index contributed by atoms with van der Waals surface area (Å²) >= 11 is 0.818. The standard InChI is InChI=1S/C17H21N3O5S2/c1-19(2)14-6-4-12(5-7-14)9-20(3)15(21)10-25-17(22)13-8-16(26-11-13)27(18,23)24/h4-8,11H,9-10H2,1-3H3,(H2,18,23,24). The highest BCUT2D eigenvalue weighted by molar-refractivity contribution is 7.91. The minimum Gasteiger partial charge on any atom is -0.452 e. The summed E-state index contributed by atoms with van der Waals surface area (Å²) in [6, 6.07) is 8.88. The van der Waals surface area contributed by atoms with E-state index in [1.165, 1.54) is 10.3 Å². The topological polar surface area (TPSA) is 110 Å². The lowest BCUT2D eigenvalue weighted by atomic mass is 10.2. The first-order chi connectivity index (χ1) is 12.6. The summed E-state index contributed by atoms with van der Waals surface area (Å²) < 4.78 is 27.3. The van der Waals surface area contributed by atoms with Gasteiger partial charge in [0.2, 0.25) is 10.0 Å². The number of sulfonamides is 1. The Hall–Kier alpha value is -2.43. The van der Waals surface area contributed by atoms with Gasteiger partial charge in [-0.05, 0) is 23.8 Å². The van der Waals surface area contributed by atoms with Gasteiger partial charge in [-0.25, -0.2) is 18.4 Å². The fraction of sp³-hybridized carbons (Fsp3) is 0.294. The highest BCUT2D eigenvalue weighted by Gasteiger charge is 2.18. The molecule has 1 aromatic carbocycles. The number of benzene rings is 1. The maximum atomic E-state index is 12.1. The van der Waals surface area contributed by atoms with Crippen molar-refractivity contribution < 1.29 is 22.7 Å². The Kier molecular flexibility index (Phi) is 6.58. The molecule has 0 bridgehead atoms. The van der Waals surface area contributed by atoms with Gasteiger partial charge in [0.05, 0.1) is 5.56 Å². The lowest BCUT2D eigenvalue weighted by Crippen LogP contribution is -2.30. The van der Waals surface area contributed by atoms with E-state index in [1.807, 2.05) is 43.3 Å². The molecule has 1 amide bonds. The zero-order valence-electron chi connectivity index (χ0n) is 15.2. The zero-order valence-corrected chi connectivity index (χ0v) is 16.8. The molecule has 0 aliphatic rings. The van der Waals surface area contributed by atoms with Crippen molar-refractivity contribution in [1.82, 2.24) is 4.90 Å². The third kappa shape index (κ3) is 5.78. The molecule has 0 saturated carbocycles. The van der Waals surface area contributed by atoms with E-state index in [1.54, 1.807) is 7.05 Å². The zero-order chi connectivity index (χ0) is 20.2. The quantitative estimate of drug-likeness (QED) is 0.687. The summed E-state index contributed by atoms with van der Waals surface area (Å²) in [6.07, 6.45) is 0. The van der Waals surface area contributed by atoms with E-state index in [0.717, 1.165) is 28.7 Å². The summed E-state index contributed by atoms with van der Waals surface area (Å²) in [5, 5.41) is 6.32. The number of likely N-dealkylation sites (N-methyl/N-ethyl adjacent to an activating group) is 1. The molecule has 27 heavy (non-hydrogen) atoms. The Morgan fingerprint density at radius 2 is 1.78 bits per heavy atom. The molecule has 0 aliphatic carbocycles. The molecule has 2 N–H and O–H groups in total. The molecule has 2 rings (SSSR count). The number of carbonyl (C=O) groups excluding carboxylic acids is 2. The van der Waals surface area contributed by atoms with Gasteiger partial charge in [0.25, 0.3) is 5.91 Å². The van der Waals surface area contributed by atoms with Gasteiger partial charge in [-0.15, -0.1) is 11.3 Å². The van der Waals surface area contributed by atoms with E-state index in [0.29, 0.717) is 6.54 Å². The highest BCUT2D eigenvalue weighted by atomic mass is 32.2. The molecule has 0 spiro atoms. The summed E-state index contributed by atoms with van der Waals surface area (Å²) in [6.45, 7) is -0.0657. The normalized spacial score (nSPS) is 11.1. The number of ether oxygens (including phenoxy) is 1. The van der Waals surface area contributed by atoms with Gasteiger partial charge in [-0.3, -0.25) is 4.79 Å². The van der Waals surface area contributed by atoms with Crippen molar-refractivity contribution >= 4 is 38.9 Å². The van der Waals surface area contributed by atoms with Crippen molar-refractivity contribution in [3.63, 3.8) is 0 Å². The maximum absolute atomic E-state index is 12.1. The summed E-state index contributed by atoms with van der Waals surface area (Å²) in [5.41, 5.74) is 2.04. The molecule has 8 nitrogen and oxygen atoms in total. The Balaban J connectivity index is 1.88. The Morgan fingerprint density at radius 3 is 2.30 bits per heavy atom. The predicted octanol–water partition coefficient (Wildman–Crippen LogP) is 1.28. The predicted molar refractivity (Wildman–Crippen MR) is 103 cm³/mol. The van der Waals surface area contributed by atoms with Crippen molar-refractivity contribution in [2.45, 2.75) is 10.8 Å². The van der Waals surface area contributed by atoms with Crippen molar-refractivity contribution in [2.75, 3.05) is 32.6 Å². The summed E-state index contributed by atoms with van der Waals surface area (Å²) in [5.74, 6) is -1.15. The number of esters is 1. The molecular formula is C17H21N3O5S2. The minimum atomic E-state index is -3.87. The van der Waals surface area contributed by atoms with Crippen LogP contribution in [0.4, 0.5) is 5.69 Å². The van der Waals surface area contributed by atoms with Crippen molar-refractivity contribution in [3.05, 3.63) is 46.8 Å². The van der Waals surface area contributed by atoms with E-state index < -0.39 is 22.6 Å². The smallest absolute Gasteiger partial charge is 0.339 e. The maximum Gasteiger partial charge on any atom is 0.339 e. The molecule has 1 aromatic heterocycles. The van der Waals surface area contributed by atoms with Crippen molar-refractivity contribution in [2.24, 2.45) is 5.14 Å². The van der Waals surface area contributed by atoms with Gasteiger partial charge in [0.1, 0.15) is 4.21 Å². The first-order valence-electron chi connectivity index (χ1n) is 7.86. The molecular weight excluding hydrogens is 390 g/mol. The fourth-order valence-corrected chi connectivity index (χ4v) is 3.73. The lowest BCUT2D eigenvalue weighted by Gasteiger charge is -2.18. The Bertz CT molecular complexity index is 920. The van der Waals surface area contributed by atoms with Crippen LogP contribution in [0.1, 0.15) is 15.9 Å². The van der Waals surface area contributed by atoms with Crippen LogP contribution < -0.4 is 10.0 Å². The van der Waals surface area contributed by atoms with Gasteiger partial charge in [-0.2, -0.15) is 0 Å². The number of hydrogen-bond acceptors (Lipinski definition) is 7. The molecule has 0 radical (unpaired) electrons. The van der Waals surface area contributed by atoms with Gasteiger partial charge in [0.15, 0.2) is 6.61 Å². The average molecular weight is 412 g/mol. The number of hydrogen-bond donors (Lipinski definition) is 1. The van der Waals surface area contributed by atoms with Crippen LogP contribution >= 0.6 is 11.3 Å². The van der Waals surface area contributed by atoms with E-state index in [-0.39, 0.29) is 15.7 Å². The minimum absolute atomic E-state index is 0.0405. The van der Waals surface area contributed by atoms with Gasteiger partial charge < -0.3 is 14.5 Å². The monoisotopic (exact) mass is 411 g/mol. The SMILES string of the molecule is CN(Cc1ccc(N(C)C)cc1)C(=O)COC(=O)c1csc(S(N)(=O)=O)c1. The van der Waals surface area contributed by atoms with E-state index in [9.17, 15) is 18.0 Å².